The minimum atomic E-state index is 0.135. The van der Waals surface area contributed by atoms with Crippen LogP contribution in [0.15, 0.2) is 42.7 Å². The number of hydrogen-bond donors (Lipinski definition) is 0. The average molecular weight is 233 g/mol. The van der Waals surface area contributed by atoms with Crippen molar-refractivity contribution >= 4 is 6.47 Å². The standard InChI is InChI=1S/C14H19NO2/c1-3-10-15(2)14(9-11-17-12-16)13-7-5-4-6-8-13/h4-9,11-12,14H,3,10H2,1-2H3. The van der Waals surface area contributed by atoms with Gasteiger partial charge in [-0.05, 0) is 31.7 Å². The molecule has 1 aromatic carbocycles. The largest absolute Gasteiger partial charge is 0.437 e. The van der Waals surface area contributed by atoms with Crippen LogP contribution in [0, 0.1) is 0 Å². The molecule has 1 aromatic rings. The van der Waals surface area contributed by atoms with Gasteiger partial charge in [-0.2, -0.15) is 0 Å². The molecule has 1 rings (SSSR count). The number of carbonyl (C=O) groups excluding carboxylic acids is 1. The van der Waals surface area contributed by atoms with E-state index in [1.807, 2.05) is 24.3 Å². The molecular weight excluding hydrogens is 214 g/mol. The van der Waals surface area contributed by atoms with E-state index in [0.29, 0.717) is 6.47 Å². The maximum Gasteiger partial charge on any atom is 0.297 e. The fraction of sp³-hybridized carbons (Fsp3) is 0.357. The maximum absolute atomic E-state index is 10.1. The second-order valence-corrected chi connectivity index (χ2v) is 3.90. The summed E-state index contributed by atoms with van der Waals surface area (Å²) in [5.74, 6) is 0. The molecule has 1 unspecified atom stereocenters. The third-order valence-corrected chi connectivity index (χ3v) is 2.59. The molecule has 0 aliphatic rings. The summed E-state index contributed by atoms with van der Waals surface area (Å²) in [6.45, 7) is 3.56. The van der Waals surface area contributed by atoms with Crippen LogP contribution in [0.5, 0.6) is 0 Å². The minimum Gasteiger partial charge on any atom is -0.437 e. The van der Waals surface area contributed by atoms with Crippen molar-refractivity contribution in [3.05, 3.63) is 48.2 Å². The summed E-state index contributed by atoms with van der Waals surface area (Å²) < 4.78 is 4.63. The molecular formula is C14H19NO2. The van der Waals surface area contributed by atoms with Crippen molar-refractivity contribution in [1.82, 2.24) is 4.90 Å². The molecule has 17 heavy (non-hydrogen) atoms. The zero-order valence-electron chi connectivity index (χ0n) is 10.4. The van der Waals surface area contributed by atoms with E-state index in [2.05, 4.69) is 35.7 Å². The second kappa shape index (κ2) is 7.63. The Balaban J connectivity index is 2.82. The summed E-state index contributed by atoms with van der Waals surface area (Å²) in [6, 6.07) is 10.3. The lowest BCUT2D eigenvalue weighted by atomic mass is 10.1. The number of rotatable bonds is 7. The topological polar surface area (TPSA) is 29.5 Å². The molecule has 92 valence electrons. The predicted molar refractivity (Wildman–Crippen MR) is 68.4 cm³/mol. The van der Waals surface area contributed by atoms with Crippen LogP contribution in [0.2, 0.25) is 0 Å². The van der Waals surface area contributed by atoms with E-state index < -0.39 is 0 Å². The van der Waals surface area contributed by atoms with Gasteiger partial charge in [0.2, 0.25) is 0 Å². The smallest absolute Gasteiger partial charge is 0.297 e. The lowest BCUT2D eigenvalue weighted by Gasteiger charge is -2.25. The Morgan fingerprint density at radius 2 is 2.06 bits per heavy atom. The molecule has 0 aromatic heterocycles. The highest BCUT2D eigenvalue weighted by Crippen LogP contribution is 2.20. The van der Waals surface area contributed by atoms with Crippen LogP contribution in [0.4, 0.5) is 0 Å². The molecule has 0 saturated heterocycles. The normalized spacial score (nSPS) is 12.9. The quantitative estimate of drug-likeness (QED) is 0.535. The van der Waals surface area contributed by atoms with Gasteiger partial charge in [-0.15, -0.1) is 0 Å². The molecule has 0 N–H and O–H groups in total. The average Bonchev–Trinajstić information content (AvgIpc) is 2.36. The third kappa shape index (κ3) is 4.41. The lowest BCUT2D eigenvalue weighted by Crippen LogP contribution is -2.24. The van der Waals surface area contributed by atoms with Crippen molar-refractivity contribution < 1.29 is 9.53 Å². The summed E-state index contributed by atoms with van der Waals surface area (Å²) >= 11 is 0. The van der Waals surface area contributed by atoms with Gasteiger partial charge in [-0.25, -0.2) is 0 Å². The van der Waals surface area contributed by atoms with E-state index in [-0.39, 0.29) is 6.04 Å². The molecule has 0 amide bonds. The predicted octanol–water partition coefficient (Wildman–Crippen LogP) is 2.76. The molecule has 0 fully saturated rings. The zero-order valence-corrected chi connectivity index (χ0v) is 10.4. The number of nitrogens with zero attached hydrogens (tertiary/aromatic N) is 1. The molecule has 0 aliphatic heterocycles. The molecule has 3 heteroatoms. The molecule has 0 saturated carbocycles. The van der Waals surface area contributed by atoms with Gasteiger partial charge in [-0.1, -0.05) is 37.3 Å². The monoisotopic (exact) mass is 233 g/mol. The van der Waals surface area contributed by atoms with Crippen LogP contribution >= 0.6 is 0 Å². The van der Waals surface area contributed by atoms with Gasteiger partial charge in [0.25, 0.3) is 6.47 Å². The Hall–Kier alpha value is -1.61. The van der Waals surface area contributed by atoms with Crippen molar-refractivity contribution in [2.45, 2.75) is 19.4 Å². The first-order chi connectivity index (χ1) is 8.29. The van der Waals surface area contributed by atoms with Gasteiger partial charge >= 0.3 is 0 Å². The third-order valence-electron chi connectivity index (χ3n) is 2.59. The lowest BCUT2D eigenvalue weighted by molar-refractivity contribution is -0.123. The molecule has 0 radical (unpaired) electrons. The molecule has 0 spiro atoms. The SMILES string of the molecule is CCCN(C)C(C=COC=O)c1ccccc1. The van der Waals surface area contributed by atoms with Crippen molar-refractivity contribution in [2.24, 2.45) is 0 Å². The molecule has 1 atom stereocenters. The van der Waals surface area contributed by atoms with Crippen LogP contribution in [0.25, 0.3) is 0 Å². The highest BCUT2D eigenvalue weighted by molar-refractivity contribution is 5.38. The highest BCUT2D eigenvalue weighted by atomic mass is 16.5. The van der Waals surface area contributed by atoms with Crippen LogP contribution in [0.3, 0.4) is 0 Å². The van der Waals surface area contributed by atoms with Crippen LogP contribution in [-0.4, -0.2) is 25.0 Å². The highest BCUT2D eigenvalue weighted by Gasteiger charge is 2.12. The first-order valence-electron chi connectivity index (χ1n) is 5.80. The number of hydrogen-bond acceptors (Lipinski definition) is 3. The van der Waals surface area contributed by atoms with Gasteiger partial charge < -0.3 is 4.74 Å². The fourth-order valence-corrected chi connectivity index (χ4v) is 1.81. The van der Waals surface area contributed by atoms with E-state index in [1.54, 1.807) is 0 Å². The fourth-order valence-electron chi connectivity index (χ4n) is 1.81. The van der Waals surface area contributed by atoms with Gasteiger partial charge in [0.1, 0.15) is 0 Å². The Labute approximate surface area is 103 Å². The molecule has 0 aliphatic carbocycles. The zero-order chi connectivity index (χ0) is 12.5. The first kappa shape index (κ1) is 13.5. The van der Waals surface area contributed by atoms with Gasteiger partial charge in [0.05, 0.1) is 12.3 Å². The summed E-state index contributed by atoms with van der Waals surface area (Å²) in [5.41, 5.74) is 1.19. The Kier molecular flexibility index (Phi) is 6.04. The van der Waals surface area contributed by atoms with E-state index in [4.69, 9.17) is 0 Å². The summed E-state index contributed by atoms with van der Waals surface area (Å²) in [7, 11) is 2.06. The molecule has 3 nitrogen and oxygen atoms in total. The second-order valence-electron chi connectivity index (χ2n) is 3.90. The molecule has 0 bridgehead atoms. The van der Waals surface area contributed by atoms with Gasteiger partial charge in [0.15, 0.2) is 0 Å². The number of carbonyl (C=O) groups is 1. The van der Waals surface area contributed by atoms with Crippen LogP contribution in [0.1, 0.15) is 24.9 Å². The van der Waals surface area contributed by atoms with Gasteiger partial charge in [-0.3, -0.25) is 9.69 Å². The van der Waals surface area contributed by atoms with Crippen molar-refractivity contribution in [2.75, 3.05) is 13.6 Å². The number of ether oxygens (including phenoxy) is 1. The van der Waals surface area contributed by atoms with E-state index in [1.165, 1.54) is 11.8 Å². The number of likely N-dealkylation sites (N-methyl/N-ethyl adjacent to an activating group) is 1. The number of benzene rings is 1. The maximum atomic E-state index is 10.1. The molecule has 0 heterocycles. The Bertz CT molecular complexity index is 348. The van der Waals surface area contributed by atoms with Crippen LogP contribution in [-0.2, 0) is 9.53 Å². The Morgan fingerprint density at radius 1 is 1.35 bits per heavy atom. The van der Waals surface area contributed by atoms with Crippen molar-refractivity contribution in [3.63, 3.8) is 0 Å². The Morgan fingerprint density at radius 3 is 2.65 bits per heavy atom. The van der Waals surface area contributed by atoms with Crippen LogP contribution < -0.4 is 0 Å². The first-order valence-corrected chi connectivity index (χ1v) is 5.80. The minimum absolute atomic E-state index is 0.135. The van der Waals surface area contributed by atoms with Gasteiger partial charge in [0, 0.05) is 0 Å². The van der Waals surface area contributed by atoms with E-state index in [9.17, 15) is 4.79 Å². The van der Waals surface area contributed by atoms with Crippen molar-refractivity contribution in [3.8, 4) is 0 Å². The summed E-state index contributed by atoms with van der Waals surface area (Å²) in [5, 5.41) is 0. The van der Waals surface area contributed by atoms with E-state index >= 15 is 0 Å². The summed E-state index contributed by atoms with van der Waals surface area (Å²) in [6.07, 6.45) is 4.42. The van der Waals surface area contributed by atoms with Crippen molar-refractivity contribution in [1.29, 1.82) is 0 Å². The van der Waals surface area contributed by atoms with E-state index in [0.717, 1.165) is 13.0 Å². The summed E-state index contributed by atoms with van der Waals surface area (Å²) in [4.78, 5) is 12.4.